The van der Waals surface area contributed by atoms with E-state index in [1.165, 1.54) is 0 Å². The maximum absolute atomic E-state index is 11.8. The number of carbonyl (C=O) groups is 2. The molecule has 1 N–H and O–H groups in total. The number of amides is 1. The molecule has 126 valence electrons. The average molecular weight is 341 g/mol. The zero-order valence-electron chi connectivity index (χ0n) is 12.8. The Morgan fingerprint density at radius 2 is 1.91 bits per heavy atom. The van der Waals surface area contributed by atoms with Gasteiger partial charge in [-0.1, -0.05) is 18.2 Å². The lowest BCUT2D eigenvalue weighted by molar-refractivity contribution is -0.150. The van der Waals surface area contributed by atoms with Gasteiger partial charge in [0, 0.05) is 0 Å². The molecule has 1 amide bonds. The second-order valence-corrected chi connectivity index (χ2v) is 7.90. The van der Waals surface area contributed by atoms with Crippen LogP contribution in [0.3, 0.4) is 0 Å². The highest BCUT2D eigenvalue weighted by molar-refractivity contribution is 7.91. The molecular formula is C15H19NO6S. The van der Waals surface area contributed by atoms with E-state index in [0.717, 1.165) is 0 Å². The number of para-hydroxylation sites is 1. The van der Waals surface area contributed by atoms with E-state index in [1.807, 2.05) is 6.07 Å². The first-order valence-electron chi connectivity index (χ1n) is 7.13. The van der Waals surface area contributed by atoms with E-state index in [2.05, 4.69) is 5.32 Å². The number of esters is 1. The molecule has 1 aliphatic rings. The van der Waals surface area contributed by atoms with Crippen molar-refractivity contribution in [2.75, 3.05) is 24.7 Å². The molecule has 0 bridgehead atoms. The van der Waals surface area contributed by atoms with Crippen LogP contribution in [0.15, 0.2) is 30.3 Å². The van der Waals surface area contributed by atoms with Crippen LogP contribution in [-0.4, -0.2) is 50.6 Å². The smallest absolute Gasteiger partial charge is 0.344 e. The van der Waals surface area contributed by atoms with E-state index in [0.29, 0.717) is 12.2 Å². The first-order chi connectivity index (χ1) is 10.8. The number of hydrogen-bond acceptors (Lipinski definition) is 6. The van der Waals surface area contributed by atoms with Gasteiger partial charge in [0.15, 0.2) is 23.1 Å². The highest BCUT2D eigenvalue weighted by atomic mass is 32.2. The summed E-state index contributed by atoms with van der Waals surface area (Å²) in [5.74, 6) is -0.728. The molecule has 2 rings (SSSR count). The molecule has 1 heterocycles. The van der Waals surface area contributed by atoms with Gasteiger partial charge >= 0.3 is 5.97 Å². The van der Waals surface area contributed by atoms with Crippen molar-refractivity contribution in [1.82, 2.24) is 5.32 Å². The zero-order chi connectivity index (χ0) is 16.9. The highest BCUT2D eigenvalue weighted by Crippen LogP contribution is 2.22. The monoisotopic (exact) mass is 341 g/mol. The SMILES string of the molecule is C[C@]1(NC(=O)COC(=O)COc2ccccc2)CCS(=O)(=O)C1. The summed E-state index contributed by atoms with van der Waals surface area (Å²) in [6.07, 6.45) is 0.353. The number of rotatable bonds is 6. The van der Waals surface area contributed by atoms with E-state index >= 15 is 0 Å². The Morgan fingerprint density at radius 1 is 1.22 bits per heavy atom. The summed E-state index contributed by atoms with van der Waals surface area (Å²) in [4.78, 5) is 23.3. The maximum atomic E-state index is 11.8. The van der Waals surface area contributed by atoms with Crippen LogP contribution >= 0.6 is 0 Å². The average Bonchev–Trinajstić information content (AvgIpc) is 2.77. The lowest BCUT2D eigenvalue weighted by Gasteiger charge is -2.23. The third kappa shape index (κ3) is 5.55. The van der Waals surface area contributed by atoms with E-state index in [4.69, 9.17) is 9.47 Å². The predicted molar refractivity (Wildman–Crippen MR) is 82.7 cm³/mol. The molecule has 0 aliphatic carbocycles. The number of benzene rings is 1. The normalized spacial score (nSPS) is 22.3. The molecule has 0 aromatic heterocycles. The van der Waals surface area contributed by atoms with Crippen molar-refractivity contribution in [2.45, 2.75) is 18.9 Å². The molecule has 1 aromatic rings. The number of sulfone groups is 1. The fourth-order valence-corrected chi connectivity index (χ4v) is 4.42. The van der Waals surface area contributed by atoms with Gasteiger partial charge < -0.3 is 14.8 Å². The largest absolute Gasteiger partial charge is 0.482 e. The van der Waals surface area contributed by atoms with Crippen LogP contribution < -0.4 is 10.1 Å². The van der Waals surface area contributed by atoms with Crippen LogP contribution in [0.1, 0.15) is 13.3 Å². The fourth-order valence-electron chi connectivity index (χ4n) is 2.33. The van der Waals surface area contributed by atoms with Crippen molar-refractivity contribution in [3.8, 4) is 5.75 Å². The molecule has 0 spiro atoms. The minimum absolute atomic E-state index is 0.0501. The fraction of sp³-hybridized carbons (Fsp3) is 0.467. The van der Waals surface area contributed by atoms with Gasteiger partial charge in [0.1, 0.15) is 5.75 Å². The zero-order valence-corrected chi connectivity index (χ0v) is 13.6. The minimum Gasteiger partial charge on any atom is -0.482 e. The van der Waals surface area contributed by atoms with E-state index in [1.54, 1.807) is 31.2 Å². The van der Waals surface area contributed by atoms with Crippen LogP contribution in [0, 0.1) is 0 Å². The third-order valence-electron chi connectivity index (χ3n) is 3.41. The number of hydrogen-bond donors (Lipinski definition) is 1. The van der Waals surface area contributed by atoms with E-state index in [-0.39, 0.29) is 18.1 Å². The van der Waals surface area contributed by atoms with Crippen LogP contribution in [-0.2, 0) is 24.2 Å². The molecule has 0 radical (unpaired) electrons. The van der Waals surface area contributed by atoms with Crippen molar-refractivity contribution < 1.29 is 27.5 Å². The highest BCUT2D eigenvalue weighted by Gasteiger charge is 2.39. The molecule has 0 saturated carbocycles. The van der Waals surface area contributed by atoms with Crippen LogP contribution in [0.4, 0.5) is 0 Å². The van der Waals surface area contributed by atoms with Gasteiger partial charge in [0.05, 0.1) is 17.0 Å². The Kier molecular flexibility index (Phi) is 5.25. The van der Waals surface area contributed by atoms with Crippen LogP contribution in [0.25, 0.3) is 0 Å². The summed E-state index contributed by atoms with van der Waals surface area (Å²) < 4.78 is 32.9. The first kappa shape index (κ1) is 17.3. The number of nitrogens with one attached hydrogen (secondary N) is 1. The lowest BCUT2D eigenvalue weighted by atomic mass is 10.0. The Balaban J connectivity index is 1.71. The molecule has 8 heteroatoms. The molecule has 7 nitrogen and oxygen atoms in total. The van der Waals surface area contributed by atoms with Gasteiger partial charge in [-0.05, 0) is 25.5 Å². The summed E-state index contributed by atoms with van der Waals surface area (Å²) in [5, 5.41) is 2.60. The third-order valence-corrected chi connectivity index (χ3v) is 5.31. The van der Waals surface area contributed by atoms with Gasteiger partial charge in [-0.25, -0.2) is 13.2 Å². The summed E-state index contributed by atoms with van der Waals surface area (Å²) >= 11 is 0. The molecule has 23 heavy (non-hydrogen) atoms. The number of carbonyl (C=O) groups excluding carboxylic acids is 2. The van der Waals surface area contributed by atoms with Crippen molar-refractivity contribution >= 4 is 21.7 Å². The molecule has 1 fully saturated rings. The van der Waals surface area contributed by atoms with Gasteiger partial charge in [-0.15, -0.1) is 0 Å². The summed E-state index contributed by atoms with van der Waals surface area (Å²) in [6, 6.07) is 8.75. The quantitative estimate of drug-likeness (QED) is 0.747. The summed E-state index contributed by atoms with van der Waals surface area (Å²) in [7, 11) is -3.11. The summed E-state index contributed by atoms with van der Waals surface area (Å²) in [5.41, 5.74) is -0.803. The molecule has 0 unspecified atom stereocenters. The van der Waals surface area contributed by atoms with Crippen molar-refractivity contribution in [1.29, 1.82) is 0 Å². The number of ether oxygens (including phenoxy) is 2. The Bertz CT molecular complexity index is 672. The summed E-state index contributed by atoms with van der Waals surface area (Å²) in [6.45, 7) is 0.894. The second kappa shape index (κ2) is 6.99. The van der Waals surface area contributed by atoms with Crippen molar-refractivity contribution in [3.05, 3.63) is 30.3 Å². The van der Waals surface area contributed by atoms with E-state index < -0.39 is 33.9 Å². The van der Waals surface area contributed by atoms with Gasteiger partial charge in [0.25, 0.3) is 5.91 Å². The Labute approximate surface area is 134 Å². The predicted octanol–water partition coefficient (Wildman–Crippen LogP) is 0.302. The molecule has 1 aliphatic heterocycles. The van der Waals surface area contributed by atoms with E-state index in [9.17, 15) is 18.0 Å². The molecule has 1 atom stereocenters. The minimum atomic E-state index is -3.11. The van der Waals surface area contributed by atoms with Crippen molar-refractivity contribution in [3.63, 3.8) is 0 Å². The maximum Gasteiger partial charge on any atom is 0.344 e. The van der Waals surface area contributed by atoms with Crippen LogP contribution in [0.2, 0.25) is 0 Å². The lowest BCUT2D eigenvalue weighted by Crippen LogP contribution is -2.48. The van der Waals surface area contributed by atoms with Gasteiger partial charge in [-0.3, -0.25) is 4.79 Å². The standard InChI is InChI=1S/C15H19NO6S/c1-15(7-8-23(19,20)11-15)16-13(17)9-22-14(18)10-21-12-5-3-2-4-6-12/h2-6H,7-11H2,1H3,(H,16,17)/t15-/m0/s1. The van der Waals surface area contributed by atoms with Crippen molar-refractivity contribution in [2.24, 2.45) is 0 Å². The topological polar surface area (TPSA) is 98.8 Å². The first-order valence-corrected chi connectivity index (χ1v) is 8.95. The van der Waals surface area contributed by atoms with Gasteiger partial charge in [0.2, 0.25) is 0 Å². The molecule has 1 aromatic carbocycles. The Hall–Kier alpha value is -2.09. The Morgan fingerprint density at radius 3 is 2.52 bits per heavy atom. The van der Waals surface area contributed by atoms with Gasteiger partial charge in [-0.2, -0.15) is 0 Å². The van der Waals surface area contributed by atoms with Crippen LogP contribution in [0.5, 0.6) is 5.75 Å². The molecular weight excluding hydrogens is 322 g/mol. The second-order valence-electron chi connectivity index (χ2n) is 5.71. The molecule has 1 saturated heterocycles.